The summed E-state index contributed by atoms with van der Waals surface area (Å²) in [6, 6.07) is 0.316. The lowest BCUT2D eigenvalue weighted by atomic mass is 9.81. The lowest BCUT2D eigenvalue weighted by Crippen LogP contribution is -2.34. The Kier molecular flexibility index (Phi) is 14.9. The van der Waals surface area contributed by atoms with Gasteiger partial charge >= 0.3 is 7.82 Å². The van der Waals surface area contributed by atoms with Crippen molar-refractivity contribution in [3.05, 3.63) is 0 Å². The average Bonchev–Trinajstić information content (AvgIpc) is 2.34. The van der Waals surface area contributed by atoms with Gasteiger partial charge in [0.2, 0.25) is 0 Å². The summed E-state index contributed by atoms with van der Waals surface area (Å²) >= 11 is 0. The van der Waals surface area contributed by atoms with Gasteiger partial charge in [-0.1, -0.05) is 78.6 Å². The van der Waals surface area contributed by atoms with Gasteiger partial charge in [-0.2, -0.15) is 0 Å². The molecule has 136 valence electrons. The van der Waals surface area contributed by atoms with E-state index in [-0.39, 0.29) is 0 Å². The maximum absolute atomic E-state index is 8.88. The van der Waals surface area contributed by atoms with Crippen LogP contribution in [0.1, 0.15) is 91.9 Å². The minimum Gasteiger partial charge on any atom is -0.327 e. The van der Waals surface area contributed by atoms with Crippen LogP contribution in [0.4, 0.5) is 0 Å². The fourth-order valence-corrected chi connectivity index (χ4v) is 2.12. The van der Waals surface area contributed by atoms with Crippen LogP contribution in [0.25, 0.3) is 0 Å². The Labute approximate surface area is 136 Å². The summed E-state index contributed by atoms with van der Waals surface area (Å²) in [5.74, 6) is 0. The molecule has 0 fully saturated rings. The van der Waals surface area contributed by atoms with E-state index < -0.39 is 7.82 Å². The van der Waals surface area contributed by atoms with Crippen LogP contribution >= 0.6 is 7.82 Å². The summed E-state index contributed by atoms with van der Waals surface area (Å²) in [6.45, 7) is 9.00. The molecule has 6 heteroatoms. The van der Waals surface area contributed by atoms with Gasteiger partial charge in [-0.05, 0) is 18.8 Å². The van der Waals surface area contributed by atoms with Gasteiger partial charge in [-0.15, -0.1) is 0 Å². The second-order valence-corrected chi connectivity index (χ2v) is 7.90. The van der Waals surface area contributed by atoms with E-state index in [0.717, 1.165) is 0 Å². The largest absolute Gasteiger partial charge is 0.466 e. The van der Waals surface area contributed by atoms with Gasteiger partial charge in [0, 0.05) is 6.04 Å². The summed E-state index contributed by atoms with van der Waals surface area (Å²) in [6.07, 6.45) is 14.0. The van der Waals surface area contributed by atoms with E-state index >= 15 is 0 Å². The summed E-state index contributed by atoms with van der Waals surface area (Å²) < 4.78 is 8.88. The van der Waals surface area contributed by atoms with Crippen LogP contribution in [0.3, 0.4) is 0 Å². The first kappa shape index (κ1) is 24.3. The highest BCUT2D eigenvalue weighted by Crippen LogP contribution is 2.27. The van der Waals surface area contributed by atoms with Crippen molar-refractivity contribution in [2.45, 2.75) is 97.9 Å². The molecule has 0 aliphatic heterocycles. The molecule has 0 aliphatic carbocycles. The maximum Gasteiger partial charge on any atom is 0.466 e. The molecule has 0 bridgehead atoms. The molecule has 0 amide bonds. The van der Waals surface area contributed by atoms with Crippen molar-refractivity contribution in [2.75, 3.05) is 0 Å². The van der Waals surface area contributed by atoms with Crippen LogP contribution in [0.2, 0.25) is 0 Å². The smallest absolute Gasteiger partial charge is 0.327 e. The van der Waals surface area contributed by atoms with Crippen molar-refractivity contribution in [3.8, 4) is 0 Å². The van der Waals surface area contributed by atoms with Crippen LogP contribution in [-0.4, -0.2) is 20.7 Å². The van der Waals surface area contributed by atoms with E-state index in [9.17, 15) is 0 Å². The number of unbranched alkanes of at least 4 members (excludes halogenated alkanes) is 8. The first-order valence-electron chi connectivity index (χ1n) is 8.54. The SMILES string of the molecule is CCCCCCCCCCCC(C)(C)C(C)N.O=P(O)(O)O. The fourth-order valence-electron chi connectivity index (χ4n) is 2.12. The van der Waals surface area contributed by atoms with Gasteiger partial charge in [0.05, 0.1) is 0 Å². The molecule has 0 heterocycles. The zero-order chi connectivity index (χ0) is 17.6. The lowest BCUT2D eigenvalue weighted by Gasteiger charge is -2.28. The van der Waals surface area contributed by atoms with E-state index in [0.29, 0.717) is 11.5 Å². The molecule has 0 saturated heterocycles. The molecule has 0 aromatic heterocycles. The van der Waals surface area contributed by atoms with E-state index in [1.807, 2.05) is 0 Å². The Morgan fingerprint density at radius 1 is 0.909 bits per heavy atom. The molecule has 0 rings (SSSR count). The topological polar surface area (TPSA) is 104 Å². The molecule has 0 aromatic carbocycles. The van der Waals surface area contributed by atoms with Gasteiger partial charge in [0.25, 0.3) is 0 Å². The van der Waals surface area contributed by atoms with Crippen molar-refractivity contribution in [2.24, 2.45) is 11.1 Å². The first-order valence-corrected chi connectivity index (χ1v) is 10.1. The predicted octanol–water partition coefficient (Wildman–Crippen LogP) is 4.35. The Morgan fingerprint density at radius 2 is 1.23 bits per heavy atom. The normalized spacial score (nSPS) is 13.5. The molecule has 0 radical (unpaired) electrons. The molecular weight excluding hydrogens is 301 g/mol. The van der Waals surface area contributed by atoms with Crippen molar-refractivity contribution in [1.82, 2.24) is 0 Å². The van der Waals surface area contributed by atoms with E-state index in [4.69, 9.17) is 25.0 Å². The Balaban J connectivity index is 0. The molecule has 0 saturated carbocycles. The molecule has 5 N–H and O–H groups in total. The number of hydrogen-bond acceptors (Lipinski definition) is 2. The molecule has 1 unspecified atom stereocenters. The van der Waals surface area contributed by atoms with Crippen molar-refractivity contribution in [1.29, 1.82) is 0 Å². The zero-order valence-corrected chi connectivity index (χ0v) is 15.8. The van der Waals surface area contributed by atoms with Gasteiger partial charge < -0.3 is 20.4 Å². The standard InChI is InChI=1S/C16H35N.H3O4P/c1-5-6-7-8-9-10-11-12-13-14-16(3,4)15(2)17;1-5(2,3)4/h15H,5-14,17H2,1-4H3;(H3,1,2,3,4). The molecular formula is C16H38NO4P. The zero-order valence-electron chi connectivity index (χ0n) is 14.9. The molecule has 0 aromatic rings. The molecule has 5 nitrogen and oxygen atoms in total. The first-order chi connectivity index (χ1) is 10.0. The van der Waals surface area contributed by atoms with Crippen LogP contribution in [0.5, 0.6) is 0 Å². The van der Waals surface area contributed by atoms with Gasteiger partial charge in [0.15, 0.2) is 0 Å². The van der Waals surface area contributed by atoms with E-state index in [1.54, 1.807) is 0 Å². The van der Waals surface area contributed by atoms with Gasteiger partial charge in [-0.3, -0.25) is 0 Å². The van der Waals surface area contributed by atoms with Crippen molar-refractivity contribution >= 4 is 7.82 Å². The molecule has 22 heavy (non-hydrogen) atoms. The molecule has 1 atom stereocenters. The van der Waals surface area contributed by atoms with E-state index in [1.165, 1.54) is 64.2 Å². The quantitative estimate of drug-likeness (QED) is 0.331. The lowest BCUT2D eigenvalue weighted by molar-refractivity contribution is 0.266. The second-order valence-electron chi connectivity index (χ2n) is 6.87. The van der Waals surface area contributed by atoms with E-state index in [2.05, 4.69) is 27.7 Å². The Morgan fingerprint density at radius 3 is 1.55 bits per heavy atom. The molecule has 0 aliphatic rings. The summed E-state index contributed by atoms with van der Waals surface area (Å²) in [7, 11) is -4.64. The van der Waals surface area contributed by atoms with Crippen molar-refractivity contribution < 1.29 is 19.2 Å². The van der Waals surface area contributed by atoms with Gasteiger partial charge in [-0.25, -0.2) is 4.57 Å². The van der Waals surface area contributed by atoms with Crippen molar-refractivity contribution in [3.63, 3.8) is 0 Å². The number of nitrogens with two attached hydrogens (primary N) is 1. The van der Waals surface area contributed by atoms with Crippen LogP contribution < -0.4 is 5.73 Å². The average molecular weight is 339 g/mol. The third-order valence-corrected chi connectivity index (χ3v) is 4.16. The fraction of sp³-hybridized carbons (Fsp3) is 1.00. The second kappa shape index (κ2) is 13.5. The number of phosphoric acid groups is 1. The predicted molar refractivity (Wildman–Crippen MR) is 93.5 cm³/mol. The number of rotatable bonds is 11. The highest BCUT2D eigenvalue weighted by molar-refractivity contribution is 7.45. The maximum atomic E-state index is 8.88. The Bertz CT molecular complexity index is 282. The third-order valence-electron chi connectivity index (χ3n) is 4.16. The monoisotopic (exact) mass is 339 g/mol. The minimum atomic E-state index is -4.64. The minimum absolute atomic E-state index is 0.316. The summed E-state index contributed by atoms with van der Waals surface area (Å²) in [5, 5.41) is 0. The highest BCUT2D eigenvalue weighted by atomic mass is 31.2. The summed E-state index contributed by atoms with van der Waals surface area (Å²) in [5.41, 5.74) is 6.30. The third kappa shape index (κ3) is 22.4. The summed E-state index contributed by atoms with van der Waals surface area (Å²) in [4.78, 5) is 21.6. The Hall–Kier alpha value is 0.0700. The van der Waals surface area contributed by atoms with Gasteiger partial charge in [0.1, 0.15) is 0 Å². The van der Waals surface area contributed by atoms with Crippen LogP contribution in [-0.2, 0) is 4.57 Å². The van der Waals surface area contributed by atoms with Crippen LogP contribution in [0.15, 0.2) is 0 Å². The molecule has 0 spiro atoms. The number of hydrogen-bond donors (Lipinski definition) is 4. The van der Waals surface area contributed by atoms with Crippen LogP contribution in [0, 0.1) is 5.41 Å². The highest BCUT2D eigenvalue weighted by Gasteiger charge is 2.21.